The average Bonchev–Trinajstić information content (AvgIpc) is 2.96. The number of hydrogen-bond donors (Lipinski definition) is 1. The van der Waals surface area contributed by atoms with Crippen LogP contribution < -0.4 is 10.9 Å². The highest BCUT2D eigenvalue weighted by Crippen LogP contribution is 2.13. The van der Waals surface area contributed by atoms with Crippen molar-refractivity contribution in [2.24, 2.45) is 0 Å². The Hall–Kier alpha value is -3.29. The molecule has 8 nitrogen and oxygen atoms in total. The van der Waals surface area contributed by atoms with E-state index in [9.17, 15) is 9.59 Å². The van der Waals surface area contributed by atoms with Crippen molar-refractivity contribution in [1.82, 2.24) is 24.5 Å². The summed E-state index contributed by atoms with van der Waals surface area (Å²) in [6, 6.07) is 8.26. The summed E-state index contributed by atoms with van der Waals surface area (Å²) in [5.41, 5.74) is 2.39. The molecule has 0 aliphatic heterocycles. The third-order valence-electron chi connectivity index (χ3n) is 3.77. The Morgan fingerprint density at radius 3 is 2.58 bits per heavy atom. The lowest BCUT2D eigenvalue weighted by Crippen LogP contribution is -2.26. The van der Waals surface area contributed by atoms with Gasteiger partial charge in [0.1, 0.15) is 5.69 Å². The van der Waals surface area contributed by atoms with E-state index in [4.69, 9.17) is 0 Å². The maximum Gasteiger partial charge on any atom is 0.276 e. The SMILES string of the molecule is CCCn1nc(C(=O)Nc2ccc(-n3nc(C)cc3C)nc2)ccc1=O. The molecule has 3 heterocycles. The second-order valence-electron chi connectivity index (χ2n) is 5.98. The van der Waals surface area contributed by atoms with Crippen molar-refractivity contribution in [3.05, 3.63) is 64.0 Å². The molecule has 0 aliphatic carbocycles. The van der Waals surface area contributed by atoms with Gasteiger partial charge in [0.2, 0.25) is 0 Å². The summed E-state index contributed by atoms with van der Waals surface area (Å²) in [5.74, 6) is 0.277. The second-order valence-corrected chi connectivity index (χ2v) is 5.98. The Balaban J connectivity index is 1.77. The molecule has 0 aliphatic rings. The number of pyridine rings is 1. The normalized spacial score (nSPS) is 10.7. The van der Waals surface area contributed by atoms with Crippen LogP contribution in [0.25, 0.3) is 5.82 Å². The van der Waals surface area contributed by atoms with Crippen LogP contribution in [0.15, 0.2) is 41.3 Å². The number of nitrogens with one attached hydrogen (secondary N) is 1. The fraction of sp³-hybridized carbons (Fsp3) is 0.278. The van der Waals surface area contributed by atoms with Gasteiger partial charge in [-0.2, -0.15) is 10.2 Å². The zero-order valence-electron chi connectivity index (χ0n) is 14.9. The summed E-state index contributed by atoms with van der Waals surface area (Å²) in [7, 11) is 0. The van der Waals surface area contributed by atoms with Gasteiger partial charge in [-0.1, -0.05) is 6.92 Å². The lowest BCUT2D eigenvalue weighted by molar-refractivity contribution is 0.101. The second kappa shape index (κ2) is 7.30. The van der Waals surface area contributed by atoms with Crippen LogP contribution in [0, 0.1) is 13.8 Å². The van der Waals surface area contributed by atoms with E-state index < -0.39 is 5.91 Å². The molecule has 1 N–H and O–H groups in total. The van der Waals surface area contributed by atoms with Crippen LogP contribution in [0.3, 0.4) is 0 Å². The van der Waals surface area contributed by atoms with E-state index in [0.717, 1.165) is 17.8 Å². The van der Waals surface area contributed by atoms with Crippen LogP contribution in [-0.4, -0.2) is 30.5 Å². The third-order valence-corrected chi connectivity index (χ3v) is 3.77. The number of anilines is 1. The Labute approximate surface area is 150 Å². The summed E-state index contributed by atoms with van der Waals surface area (Å²) in [6.07, 6.45) is 2.32. The van der Waals surface area contributed by atoms with Crippen LogP contribution in [0.5, 0.6) is 0 Å². The van der Waals surface area contributed by atoms with Crippen molar-refractivity contribution in [2.45, 2.75) is 33.7 Å². The molecule has 0 unspecified atom stereocenters. The van der Waals surface area contributed by atoms with Crippen LogP contribution in [-0.2, 0) is 6.54 Å². The van der Waals surface area contributed by atoms with Gasteiger partial charge in [-0.15, -0.1) is 0 Å². The number of rotatable bonds is 5. The molecule has 3 aromatic heterocycles. The van der Waals surface area contributed by atoms with Gasteiger partial charge in [0.05, 0.1) is 17.6 Å². The third kappa shape index (κ3) is 3.69. The first-order valence-corrected chi connectivity index (χ1v) is 8.37. The van der Waals surface area contributed by atoms with Crippen LogP contribution in [0.4, 0.5) is 5.69 Å². The molecule has 0 aromatic carbocycles. The molecule has 0 saturated carbocycles. The van der Waals surface area contributed by atoms with Crippen LogP contribution in [0.1, 0.15) is 35.2 Å². The zero-order chi connectivity index (χ0) is 18.7. The molecule has 8 heteroatoms. The number of amides is 1. The standard InChI is InChI=1S/C18H20N6O2/c1-4-9-23-17(25)8-6-15(22-23)18(26)20-14-5-7-16(19-11-14)24-13(3)10-12(2)21-24/h5-8,10-11H,4,9H2,1-3H3,(H,20,26). The van der Waals surface area contributed by atoms with E-state index in [1.165, 1.54) is 16.8 Å². The minimum Gasteiger partial charge on any atom is -0.319 e. The van der Waals surface area contributed by atoms with E-state index in [2.05, 4.69) is 20.5 Å². The molecule has 0 bridgehead atoms. The number of aryl methyl sites for hydroxylation is 3. The fourth-order valence-electron chi connectivity index (χ4n) is 2.58. The highest BCUT2D eigenvalue weighted by molar-refractivity contribution is 6.02. The van der Waals surface area contributed by atoms with Gasteiger partial charge in [0.15, 0.2) is 5.82 Å². The maximum atomic E-state index is 12.4. The summed E-state index contributed by atoms with van der Waals surface area (Å²) in [6.45, 7) is 6.28. The molecule has 0 fully saturated rings. The summed E-state index contributed by atoms with van der Waals surface area (Å²) in [5, 5.41) is 11.2. The van der Waals surface area contributed by atoms with Gasteiger partial charge in [-0.05, 0) is 44.5 Å². The van der Waals surface area contributed by atoms with Crippen molar-refractivity contribution in [3.8, 4) is 5.82 Å². The molecule has 3 rings (SSSR count). The van der Waals surface area contributed by atoms with E-state index in [0.29, 0.717) is 18.1 Å². The molecule has 134 valence electrons. The van der Waals surface area contributed by atoms with Crippen molar-refractivity contribution in [2.75, 3.05) is 5.32 Å². The molecule has 0 spiro atoms. The minimum absolute atomic E-state index is 0.181. The smallest absolute Gasteiger partial charge is 0.276 e. The lowest BCUT2D eigenvalue weighted by atomic mass is 10.3. The molecule has 3 aromatic rings. The van der Waals surface area contributed by atoms with Gasteiger partial charge >= 0.3 is 0 Å². The maximum absolute atomic E-state index is 12.4. The van der Waals surface area contributed by atoms with Crippen molar-refractivity contribution < 1.29 is 4.79 Å². The molecule has 0 atom stereocenters. The number of nitrogens with zero attached hydrogens (tertiary/aromatic N) is 5. The van der Waals surface area contributed by atoms with Crippen molar-refractivity contribution in [1.29, 1.82) is 0 Å². The molecular formula is C18H20N6O2. The van der Waals surface area contributed by atoms with Crippen LogP contribution >= 0.6 is 0 Å². The first kappa shape index (κ1) is 17.5. The highest BCUT2D eigenvalue weighted by atomic mass is 16.2. The fourth-order valence-corrected chi connectivity index (χ4v) is 2.58. The van der Waals surface area contributed by atoms with E-state index in [1.54, 1.807) is 23.0 Å². The number of hydrogen-bond acceptors (Lipinski definition) is 5. The Morgan fingerprint density at radius 1 is 1.15 bits per heavy atom. The zero-order valence-corrected chi connectivity index (χ0v) is 14.9. The van der Waals surface area contributed by atoms with Gasteiger partial charge in [0, 0.05) is 18.3 Å². The van der Waals surface area contributed by atoms with Crippen molar-refractivity contribution in [3.63, 3.8) is 0 Å². The highest BCUT2D eigenvalue weighted by Gasteiger charge is 2.11. The quantitative estimate of drug-likeness (QED) is 0.759. The number of aromatic nitrogens is 5. The van der Waals surface area contributed by atoms with E-state index >= 15 is 0 Å². The van der Waals surface area contributed by atoms with Gasteiger partial charge in [-0.25, -0.2) is 14.3 Å². The van der Waals surface area contributed by atoms with Gasteiger partial charge in [-0.3, -0.25) is 9.59 Å². The average molecular weight is 352 g/mol. The number of carbonyl (C=O) groups is 1. The van der Waals surface area contributed by atoms with Gasteiger partial charge in [0.25, 0.3) is 11.5 Å². The molecule has 26 heavy (non-hydrogen) atoms. The van der Waals surface area contributed by atoms with Crippen LogP contribution in [0.2, 0.25) is 0 Å². The monoisotopic (exact) mass is 352 g/mol. The molecular weight excluding hydrogens is 332 g/mol. The Bertz CT molecular complexity index is 988. The van der Waals surface area contributed by atoms with Gasteiger partial charge < -0.3 is 5.32 Å². The first-order valence-electron chi connectivity index (χ1n) is 8.37. The predicted molar refractivity (Wildman–Crippen MR) is 97.6 cm³/mol. The largest absolute Gasteiger partial charge is 0.319 e. The predicted octanol–water partition coefficient (Wildman–Crippen LogP) is 2.10. The topological polar surface area (TPSA) is 94.7 Å². The lowest BCUT2D eigenvalue weighted by Gasteiger charge is -2.08. The summed E-state index contributed by atoms with van der Waals surface area (Å²) >= 11 is 0. The van der Waals surface area contributed by atoms with Crippen molar-refractivity contribution >= 4 is 11.6 Å². The summed E-state index contributed by atoms with van der Waals surface area (Å²) in [4.78, 5) is 28.4. The van der Waals surface area contributed by atoms with E-state index in [-0.39, 0.29) is 11.3 Å². The molecule has 0 radical (unpaired) electrons. The number of carbonyl (C=O) groups excluding carboxylic acids is 1. The molecule has 1 amide bonds. The summed E-state index contributed by atoms with van der Waals surface area (Å²) < 4.78 is 3.03. The van der Waals surface area contributed by atoms with E-state index in [1.807, 2.05) is 26.8 Å². The first-order chi connectivity index (χ1) is 12.5. The molecule has 0 saturated heterocycles. The Morgan fingerprint density at radius 2 is 1.96 bits per heavy atom. The minimum atomic E-state index is -0.393. The Kier molecular flexibility index (Phi) is 4.92.